The van der Waals surface area contributed by atoms with Crippen LogP contribution in [0.5, 0.6) is 0 Å². The van der Waals surface area contributed by atoms with E-state index in [9.17, 15) is 18.0 Å². The Morgan fingerprint density at radius 2 is 1.66 bits per heavy atom. The van der Waals surface area contributed by atoms with Crippen LogP contribution in [0.2, 0.25) is 0 Å². The maximum absolute atomic E-state index is 13.7. The van der Waals surface area contributed by atoms with Crippen LogP contribution in [-0.4, -0.2) is 31.7 Å². The molecule has 0 radical (unpaired) electrons. The van der Waals surface area contributed by atoms with Crippen LogP contribution in [0.4, 0.5) is 0 Å². The Morgan fingerprint density at radius 1 is 1.00 bits per heavy atom. The second-order valence-electron chi connectivity index (χ2n) is 6.91. The Morgan fingerprint density at radius 3 is 2.22 bits per heavy atom. The molecule has 0 spiro atoms. The van der Waals surface area contributed by atoms with Crippen molar-refractivity contribution in [2.45, 2.75) is 17.5 Å². The molecule has 0 saturated heterocycles. The zero-order valence-electron chi connectivity index (χ0n) is 17.1. The van der Waals surface area contributed by atoms with Gasteiger partial charge in [-0.25, -0.2) is 13.2 Å². The fraction of sp³-hybridized carbons (Fsp3) is 0.130. The molecule has 9 heteroatoms. The number of hydrogen-bond donors (Lipinski definition) is 1. The second-order valence-corrected chi connectivity index (χ2v) is 9.72. The molecule has 0 aromatic heterocycles. The van der Waals surface area contributed by atoms with Gasteiger partial charge in [0.1, 0.15) is 6.04 Å². The van der Waals surface area contributed by atoms with Gasteiger partial charge >= 0.3 is 5.97 Å². The number of hydrogen-bond acceptors (Lipinski definition) is 5. The molecule has 166 valence electrons. The molecular formula is C23H21BrN2O5S. The van der Waals surface area contributed by atoms with E-state index < -0.39 is 27.9 Å². The number of nitrogens with two attached hydrogens (primary N) is 1. The fourth-order valence-electron chi connectivity index (χ4n) is 3.23. The zero-order chi connectivity index (χ0) is 23.3. The van der Waals surface area contributed by atoms with Gasteiger partial charge in [0.05, 0.1) is 17.6 Å². The number of carbonyl (C=O) groups excluding carboxylic acids is 2. The SMILES string of the molecule is COC(=O)c1ccc(CN(C(C(N)=O)c2ccccc2)S(=O)(=O)c2cccc(Br)c2)cc1. The first-order chi connectivity index (χ1) is 15.2. The van der Waals surface area contributed by atoms with Gasteiger partial charge in [0.2, 0.25) is 15.9 Å². The number of rotatable bonds is 8. The summed E-state index contributed by atoms with van der Waals surface area (Å²) in [5.41, 5.74) is 7.04. The Balaban J connectivity index is 2.10. The lowest BCUT2D eigenvalue weighted by atomic mass is 10.1. The van der Waals surface area contributed by atoms with Crippen LogP contribution in [0.25, 0.3) is 0 Å². The molecule has 0 saturated carbocycles. The topological polar surface area (TPSA) is 107 Å². The van der Waals surface area contributed by atoms with Crippen LogP contribution in [0.15, 0.2) is 88.2 Å². The summed E-state index contributed by atoms with van der Waals surface area (Å²) in [6.07, 6.45) is 0. The minimum absolute atomic E-state index is 0.0141. The second kappa shape index (κ2) is 10.1. The molecule has 1 amide bonds. The van der Waals surface area contributed by atoms with Crippen molar-refractivity contribution in [3.05, 3.63) is 100 Å². The highest BCUT2D eigenvalue weighted by atomic mass is 79.9. The molecule has 3 aromatic carbocycles. The van der Waals surface area contributed by atoms with Gasteiger partial charge in [0.25, 0.3) is 0 Å². The molecule has 32 heavy (non-hydrogen) atoms. The molecule has 3 rings (SSSR count). The molecule has 1 atom stereocenters. The highest BCUT2D eigenvalue weighted by molar-refractivity contribution is 9.10. The summed E-state index contributed by atoms with van der Waals surface area (Å²) < 4.78 is 33.7. The van der Waals surface area contributed by atoms with Crippen molar-refractivity contribution in [1.29, 1.82) is 0 Å². The van der Waals surface area contributed by atoms with Gasteiger partial charge in [-0.05, 0) is 41.5 Å². The first-order valence-corrected chi connectivity index (χ1v) is 11.8. The number of ether oxygens (including phenoxy) is 1. The standard InChI is InChI=1S/C23H21BrN2O5S/c1-31-23(28)18-12-10-16(11-13-18)15-26(21(22(25)27)17-6-3-2-4-7-17)32(29,30)20-9-5-8-19(24)14-20/h2-14,21H,15H2,1H3,(H2,25,27). The molecule has 0 aliphatic carbocycles. The number of nitrogens with zero attached hydrogens (tertiary/aromatic N) is 1. The summed E-state index contributed by atoms with van der Waals surface area (Å²) in [5, 5.41) is 0. The van der Waals surface area contributed by atoms with Crippen LogP contribution in [0, 0.1) is 0 Å². The molecule has 0 aliphatic rings. The Hall–Kier alpha value is -3.01. The van der Waals surface area contributed by atoms with Crippen LogP contribution in [-0.2, 0) is 26.1 Å². The van der Waals surface area contributed by atoms with E-state index in [1.807, 2.05) is 0 Å². The fourth-order valence-corrected chi connectivity index (χ4v) is 5.40. The van der Waals surface area contributed by atoms with Crippen molar-refractivity contribution in [3.63, 3.8) is 0 Å². The third-order valence-corrected chi connectivity index (χ3v) is 7.09. The van der Waals surface area contributed by atoms with E-state index in [0.717, 1.165) is 4.31 Å². The predicted octanol–water partition coefficient (Wildman–Crippen LogP) is 3.65. The normalized spacial score (nSPS) is 12.3. The quantitative estimate of drug-likeness (QED) is 0.459. The number of sulfonamides is 1. The van der Waals surface area contributed by atoms with Gasteiger partial charge in [-0.1, -0.05) is 64.5 Å². The number of carbonyl (C=O) groups is 2. The van der Waals surface area contributed by atoms with Crippen LogP contribution in [0.3, 0.4) is 0 Å². The number of primary amides is 1. The monoisotopic (exact) mass is 516 g/mol. The number of esters is 1. The van der Waals surface area contributed by atoms with Gasteiger partial charge in [-0.15, -0.1) is 0 Å². The van der Waals surface area contributed by atoms with E-state index in [1.165, 1.54) is 31.4 Å². The van der Waals surface area contributed by atoms with Gasteiger partial charge in [0, 0.05) is 11.0 Å². The molecule has 7 nitrogen and oxygen atoms in total. The van der Waals surface area contributed by atoms with Crippen molar-refractivity contribution >= 4 is 37.8 Å². The first-order valence-electron chi connectivity index (χ1n) is 9.53. The van der Waals surface area contributed by atoms with Gasteiger partial charge in [-0.3, -0.25) is 4.79 Å². The van der Waals surface area contributed by atoms with Crippen LogP contribution < -0.4 is 5.73 Å². The average molecular weight is 517 g/mol. The zero-order valence-corrected chi connectivity index (χ0v) is 19.5. The Bertz CT molecular complexity index is 1210. The van der Waals surface area contributed by atoms with E-state index in [-0.39, 0.29) is 11.4 Å². The van der Waals surface area contributed by atoms with E-state index in [4.69, 9.17) is 10.5 Å². The van der Waals surface area contributed by atoms with Crippen LogP contribution in [0.1, 0.15) is 27.5 Å². The number of benzene rings is 3. The Labute approximate surface area is 195 Å². The molecular weight excluding hydrogens is 496 g/mol. The molecule has 3 aromatic rings. The maximum atomic E-state index is 13.7. The van der Waals surface area contributed by atoms with E-state index >= 15 is 0 Å². The lowest BCUT2D eigenvalue weighted by molar-refractivity contribution is -0.122. The number of amides is 1. The third kappa shape index (κ3) is 5.24. The van der Waals surface area contributed by atoms with E-state index in [0.29, 0.717) is 21.2 Å². The summed E-state index contributed by atoms with van der Waals surface area (Å²) in [6.45, 7) is -0.140. The van der Waals surface area contributed by atoms with Crippen molar-refractivity contribution in [1.82, 2.24) is 4.31 Å². The largest absolute Gasteiger partial charge is 0.465 e. The first kappa shape index (κ1) is 23.6. The van der Waals surface area contributed by atoms with Crippen molar-refractivity contribution in [2.75, 3.05) is 7.11 Å². The highest BCUT2D eigenvalue weighted by Gasteiger charge is 2.36. The van der Waals surface area contributed by atoms with Crippen LogP contribution >= 0.6 is 15.9 Å². The van der Waals surface area contributed by atoms with Crippen molar-refractivity contribution in [3.8, 4) is 0 Å². The minimum Gasteiger partial charge on any atom is -0.465 e. The summed E-state index contributed by atoms with van der Waals surface area (Å²) in [6, 6.07) is 19.8. The third-order valence-electron chi connectivity index (χ3n) is 4.79. The summed E-state index contributed by atoms with van der Waals surface area (Å²) in [7, 11) is -2.86. The van der Waals surface area contributed by atoms with Gasteiger partial charge < -0.3 is 10.5 Å². The van der Waals surface area contributed by atoms with Gasteiger partial charge in [0.15, 0.2) is 0 Å². The van der Waals surface area contributed by atoms with Crippen molar-refractivity contribution < 1.29 is 22.7 Å². The molecule has 1 unspecified atom stereocenters. The molecule has 0 heterocycles. The highest BCUT2D eigenvalue weighted by Crippen LogP contribution is 2.31. The average Bonchev–Trinajstić information content (AvgIpc) is 2.79. The number of methoxy groups -OCH3 is 1. The number of halogens is 1. The lowest BCUT2D eigenvalue weighted by Crippen LogP contribution is -2.41. The predicted molar refractivity (Wildman–Crippen MR) is 123 cm³/mol. The molecule has 0 fully saturated rings. The molecule has 0 bridgehead atoms. The van der Waals surface area contributed by atoms with E-state index in [2.05, 4.69) is 15.9 Å². The Kier molecular flexibility index (Phi) is 7.44. The summed E-state index contributed by atoms with van der Waals surface area (Å²) >= 11 is 3.29. The van der Waals surface area contributed by atoms with Crippen molar-refractivity contribution in [2.24, 2.45) is 5.73 Å². The maximum Gasteiger partial charge on any atom is 0.337 e. The molecule has 0 aliphatic heterocycles. The minimum atomic E-state index is -4.13. The summed E-state index contributed by atoms with van der Waals surface area (Å²) in [5.74, 6) is -1.31. The molecule has 2 N–H and O–H groups in total. The van der Waals surface area contributed by atoms with E-state index in [1.54, 1.807) is 54.6 Å². The lowest BCUT2D eigenvalue weighted by Gasteiger charge is -2.29. The smallest absolute Gasteiger partial charge is 0.337 e. The summed E-state index contributed by atoms with van der Waals surface area (Å²) in [4.78, 5) is 24.2. The van der Waals surface area contributed by atoms with Gasteiger partial charge in [-0.2, -0.15) is 4.31 Å².